The molecular weight excluding hydrogens is 262 g/mol. The molecular formula is C12H19N5OS. The van der Waals surface area contributed by atoms with Crippen molar-refractivity contribution in [1.82, 2.24) is 10.3 Å². The van der Waals surface area contributed by atoms with Crippen molar-refractivity contribution in [3.8, 4) is 0 Å². The third-order valence-corrected chi connectivity index (χ3v) is 4.14. The molecule has 1 aliphatic rings. The van der Waals surface area contributed by atoms with Crippen LogP contribution in [0, 0.1) is 11.3 Å². The number of carbonyl (C=O) groups excluding carboxylic acids is 1. The molecule has 0 aromatic carbocycles. The average Bonchev–Trinajstić information content (AvgIpc) is 2.75. The van der Waals surface area contributed by atoms with Gasteiger partial charge in [0.05, 0.1) is 5.69 Å². The zero-order valence-corrected chi connectivity index (χ0v) is 11.8. The van der Waals surface area contributed by atoms with E-state index in [1.807, 2.05) is 6.92 Å². The normalized spacial score (nSPS) is 17.6. The summed E-state index contributed by atoms with van der Waals surface area (Å²) in [4.78, 5) is 17.5. The van der Waals surface area contributed by atoms with Crippen molar-refractivity contribution in [3.05, 3.63) is 10.6 Å². The van der Waals surface area contributed by atoms with Gasteiger partial charge in [-0.3, -0.25) is 10.2 Å². The lowest BCUT2D eigenvalue weighted by molar-refractivity contribution is -0.125. The molecule has 1 aromatic heterocycles. The van der Waals surface area contributed by atoms with E-state index in [0.29, 0.717) is 5.13 Å². The van der Waals surface area contributed by atoms with Gasteiger partial charge in [0.2, 0.25) is 5.91 Å². The Morgan fingerprint density at radius 2 is 2.42 bits per heavy atom. The van der Waals surface area contributed by atoms with E-state index in [9.17, 15) is 4.79 Å². The lowest BCUT2D eigenvalue weighted by Crippen LogP contribution is -2.34. The molecule has 19 heavy (non-hydrogen) atoms. The fourth-order valence-electron chi connectivity index (χ4n) is 2.16. The number of carbonyl (C=O) groups is 1. The first-order chi connectivity index (χ1) is 9.10. The second-order valence-electron chi connectivity index (χ2n) is 4.66. The van der Waals surface area contributed by atoms with Crippen LogP contribution in [0.2, 0.25) is 0 Å². The summed E-state index contributed by atoms with van der Waals surface area (Å²) in [7, 11) is 0. The Bertz CT molecular complexity index is 484. The number of aryl methyl sites for hydroxylation is 1. The summed E-state index contributed by atoms with van der Waals surface area (Å²) in [5.41, 5.74) is 6.32. The third-order valence-electron chi connectivity index (χ3n) is 3.10. The minimum atomic E-state index is -0.108. The zero-order valence-electron chi connectivity index (χ0n) is 11.0. The molecule has 1 heterocycles. The lowest BCUT2D eigenvalue weighted by atomic mass is 9.90. The Labute approximate surface area is 116 Å². The fourth-order valence-corrected chi connectivity index (χ4v) is 3.26. The Balaban J connectivity index is 2.01. The highest BCUT2D eigenvalue weighted by Crippen LogP contribution is 2.32. The highest BCUT2D eigenvalue weighted by molar-refractivity contribution is 7.15. The third kappa shape index (κ3) is 3.44. The second kappa shape index (κ2) is 6.01. The van der Waals surface area contributed by atoms with Crippen LogP contribution in [0.3, 0.4) is 0 Å². The van der Waals surface area contributed by atoms with E-state index in [4.69, 9.17) is 11.1 Å². The summed E-state index contributed by atoms with van der Waals surface area (Å²) in [6, 6.07) is 0. The van der Waals surface area contributed by atoms with Crippen molar-refractivity contribution in [2.75, 3.05) is 11.9 Å². The van der Waals surface area contributed by atoms with Gasteiger partial charge in [-0.15, -0.1) is 11.3 Å². The number of amides is 1. The molecule has 6 nitrogen and oxygen atoms in total. The van der Waals surface area contributed by atoms with Crippen LogP contribution in [-0.4, -0.2) is 23.4 Å². The van der Waals surface area contributed by atoms with E-state index >= 15 is 0 Å². The van der Waals surface area contributed by atoms with E-state index in [1.165, 1.54) is 11.3 Å². The van der Waals surface area contributed by atoms with Crippen LogP contribution in [0.5, 0.6) is 0 Å². The topological polar surface area (TPSA) is 104 Å². The molecule has 104 valence electrons. The number of guanidine groups is 1. The Kier molecular flexibility index (Phi) is 4.36. The predicted molar refractivity (Wildman–Crippen MR) is 76.5 cm³/mol. The van der Waals surface area contributed by atoms with E-state index in [1.54, 1.807) is 0 Å². The summed E-state index contributed by atoms with van der Waals surface area (Å²) < 4.78 is 0. The number of thiazole rings is 1. The molecule has 0 saturated carbocycles. The van der Waals surface area contributed by atoms with Crippen LogP contribution in [0.15, 0.2) is 0 Å². The monoisotopic (exact) mass is 281 g/mol. The van der Waals surface area contributed by atoms with Gasteiger partial charge in [-0.1, -0.05) is 6.92 Å². The van der Waals surface area contributed by atoms with E-state index < -0.39 is 0 Å². The summed E-state index contributed by atoms with van der Waals surface area (Å²) in [6.07, 6.45) is 3.35. The van der Waals surface area contributed by atoms with Gasteiger partial charge >= 0.3 is 0 Å². The van der Waals surface area contributed by atoms with Crippen molar-refractivity contribution in [3.63, 3.8) is 0 Å². The van der Waals surface area contributed by atoms with Gasteiger partial charge < -0.3 is 16.4 Å². The summed E-state index contributed by atoms with van der Waals surface area (Å²) in [5, 5.41) is 13.5. The number of nitrogens with two attached hydrogens (primary N) is 1. The molecule has 2 rings (SSSR count). The number of rotatable bonds is 4. The van der Waals surface area contributed by atoms with Crippen LogP contribution in [0.4, 0.5) is 5.13 Å². The highest BCUT2D eigenvalue weighted by Gasteiger charge is 2.27. The van der Waals surface area contributed by atoms with Gasteiger partial charge in [0.25, 0.3) is 0 Å². The van der Waals surface area contributed by atoms with Crippen LogP contribution in [-0.2, 0) is 17.6 Å². The number of hydrogen-bond acceptors (Lipinski definition) is 4. The number of fused-ring (bicyclic) bond motifs is 1. The molecule has 7 heteroatoms. The maximum Gasteiger partial charge on any atom is 0.223 e. The number of nitrogens with zero attached hydrogens (tertiary/aromatic N) is 1. The first-order valence-corrected chi connectivity index (χ1v) is 7.29. The second-order valence-corrected chi connectivity index (χ2v) is 5.74. The fraction of sp³-hybridized carbons (Fsp3) is 0.583. The zero-order chi connectivity index (χ0) is 13.8. The molecule has 0 saturated heterocycles. The molecule has 1 atom stereocenters. The van der Waals surface area contributed by atoms with E-state index in [2.05, 4.69) is 15.6 Å². The number of nitrogens with one attached hydrogen (secondary N) is 3. The highest BCUT2D eigenvalue weighted by atomic mass is 32.1. The van der Waals surface area contributed by atoms with Crippen LogP contribution >= 0.6 is 11.3 Å². The number of aromatic nitrogens is 1. The molecule has 1 aliphatic carbocycles. The van der Waals surface area contributed by atoms with Crippen molar-refractivity contribution in [2.24, 2.45) is 11.7 Å². The smallest absolute Gasteiger partial charge is 0.223 e. The van der Waals surface area contributed by atoms with Gasteiger partial charge in [0.15, 0.2) is 11.1 Å². The number of anilines is 1. The maximum atomic E-state index is 12.0. The molecule has 0 spiro atoms. The minimum absolute atomic E-state index is 0.0460. The summed E-state index contributed by atoms with van der Waals surface area (Å²) in [6.45, 7) is 2.78. The summed E-state index contributed by atoms with van der Waals surface area (Å²) in [5.74, 6) is 0.0787. The predicted octanol–water partition coefficient (Wildman–Crippen LogP) is 1.08. The summed E-state index contributed by atoms with van der Waals surface area (Å²) >= 11 is 1.49. The van der Waals surface area contributed by atoms with E-state index in [-0.39, 0.29) is 17.8 Å². The van der Waals surface area contributed by atoms with Crippen molar-refractivity contribution in [1.29, 1.82) is 5.41 Å². The van der Waals surface area contributed by atoms with Crippen molar-refractivity contribution >= 4 is 28.3 Å². The van der Waals surface area contributed by atoms with Gasteiger partial charge in [0.1, 0.15) is 0 Å². The SMILES string of the molecule is CCCNC(=O)C1CCc2nc(NC(=N)N)sc2C1. The Hall–Kier alpha value is -1.63. The standard InChI is InChI=1S/C12H19N5OS/c1-2-5-15-10(18)7-3-4-8-9(6-7)19-12(16-8)17-11(13)14/h7H,2-6H2,1H3,(H,15,18)(H4,13,14,16,17). The quantitative estimate of drug-likeness (QED) is 0.489. The van der Waals surface area contributed by atoms with E-state index in [0.717, 1.165) is 42.8 Å². The van der Waals surface area contributed by atoms with Crippen LogP contribution < -0.4 is 16.4 Å². The largest absolute Gasteiger partial charge is 0.370 e. The van der Waals surface area contributed by atoms with Gasteiger partial charge in [-0.25, -0.2) is 4.98 Å². The van der Waals surface area contributed by atoms with Gasteiger partial charge in [-0.2, -0.15) is 0 Å². The van der Waals surface area contributed by atoms with Crippen molar-refractivity contribution in [2.45, 2.75) is 32.6 Å². The molecule has 0 radical (unpaired) electrons. The lowest BCUT2D eigenvalue weighted by Gasteiger charge is -2.20. The van der Waals surface area contributed by atoms with Gasteiger partial charge in [0, 0.05) is 17.3 Å². The Morgan fingerprint density at radius 1 is 1.63 bits per heavy atom. The van der Waals surface area contributed by atoms with Crippen molar-refractivity contribution < 1.29 is 4.79 Å². The molecule has 1 unspecified atom stereocenters. The maximum absolute atomic E-state index is 12.0. The number of hydrogen-bond donors (Lipinski definition) is 4. The van der Waals surface area contributed by atoms with Crippen LogP contribution in [0.25, 0.3) is 0 Å². The molecule has 0 aliphatic heterocycles. The minimum Gasteiger partial charge on any atom is -0.370 e. The first kappa shape index (κ1) is 13.8. The molecule has 1 aromatic rings. The van der Waals surface area contributed by atoms with Gasteiger partial charge in [-0.05, 0) is 25.7 Å². The Morgan fingerprint density at radius 3 is 3.11 bits per heavy atom. The molecule has 5 N–H and O–H groups in total. The average molecular weight is 281 g/mol. The first-order valence-electron chi connectivity index (χ1n) is 6.47. The molecule has 0 bridgehead atoms. The molecule has 1 amide bonds. The molecule has 0 fully saturated rings. The van der Waals surface area contributed by atoms with Crippen LogP contribution in [0.1, 0.15) is 30.3 Å².